The van der Waals surface area contributed by atoms with E-state index in [0.29, 0.717) is 13.2 Å². The molecule has 78 valence electrons. The molecule has 0 saturated heterocycles. The van der Waals surface area contributed by atoms with Gasteiger partial charge < -0.3 is 15.2 Å². The van der Waals surface area contributed by atoms with E-state index in [0.717, 1.165) is 11.3 Å². The highest BCUT2D eigenvalue weighted by atomic mass is 16.5. The van der Waals surface area contributed by atoms with E-state index in [1.54, 1.807) is 7.11 Å². The Morgan fingerprint density at radius 3 is 2.71 bits per heavy atom. The van der Waals surface area contributed by atoms with Gasteiger partial charge in [-0.15, -0.1) is 0 Å². The van der Waals surface area contributed by atoms with Crippen LogP contribution in [0.5, 0.6) is 5.75 Å². The van der Waals surface area contributed by atoms with E-state index in [1.807, 2.05) is 31.2 Å². The Kier molecular flexibility index (Phi) is 4.43. The van der Waals surface area contributed by atoms with E-state index in [2.05, 4.69) is 0 Å². The van der Waals surface area contributed by atoms with Crippen LogP contribution >= 0.6 is 0 Å². The third-order valence-corrected chi connectivity index (χ3v) is 1.92. The van der Waals surface area contributed by atoms with Gasteiger partial charge in [0, 0.05) is 19.2 Å². The first-order chi connectivity index (χ1) is 6.77. The van der Waals surface area contributed by atoms with Crippen molar-refractivity contribution >= 4 is 0 Å². The molecule has 0 aromatic heterocycles. The summed E-state index contributed by atoms with van der Waals surface area (Å²) in [5.74, 6) is 0.847. The molecule has 0 aliphatic carbocycles. The minimum absolute atomic E-state index is 0.0488. The predicted octanol–water partition coefficient (Wildman–Crippen LogP) is 1.56. The largest absolute Gasteiger partial charge is 0.488 e. The molecule has 1 aromatic rings. The highest BCUT2D eigenvalue weighted by molar-refractivity contribution is 5.33. The smallest absolute Gasteiger partial charge is 0.124 e. The Morgan fingerprint density at radius 2 is 2.07 bits per heavy atom. The molecule has 0 spiro atoms. The second-order valence-electron chi connectivity index (χ2n) is 3.20. The standard InChI is InChI=1S/C11H17NO2/c1-9(8-13-2)14-11-6-4-3-5-10(11)7-12/h3-6,9H,7-8,12H2,1-2H3. The van der Waals surface area contributed by atoms with Crippen LogP contribution in [0.25, 0.3) is 0 Å². The molecule has 0 saturated carbocycles. The van der Waals surface area contributed by atoms with Crippen molar-refractivity contribution in [3.05, 3.63) is 29.8 Å². The van der Waals surface area contributed by atoms with E-state index in [1.165, 1.54) is 0 Å². The molecular formula is C11H17NO2. The average molecular weight is 195 g/mol. The van der Waals surface area contributed by atoms with E-state index >= 15 is 0 Å². The summed E-state index contributed by atoms with van der Waals surface area (Å²) in [6.45, 7) is 3.05. The van der Waals surface area contributed by atoms with Gasteiger partial charge in [0.1, 0.15) is 11.9 Å². The van der Waals surface area contributed by atoms with Crippen LogP contribution in [0, 0.1) is 0 Å². The van der Waals surface area contributed by atoms with Gasteiger partial charge in [-0.1, -0.05) is 18.2 Å². The van der Waals surface area contributed by atoms with Gasteiger partial charge in [-0.3, -0.25) is 0 Å². The molecule has 0 aliphatic rings. The number of rotatable bonds is 5. The molecule has 0 amide bonds. The normalized spacial score (nSPS) is 12.5. The van der Waals surface area contributed by atoms with E-state index in [4.69, 9.17) is 15.2 Å². The fourth-order valence-electron chi connectivity index (χ4n) is 1.27. The highest BCUT2D eigenvalue weighted by Crippen LogP contribution is 2.18. The van der Waals surface area contributed by atoms with Crippen molar-refractivity contribution in [2.75, 3.05) is 13.7 Å². The third-order valence-electron chi connectivity index (χ3n) is 1.92. The number of ether oxygens (including phenoxy) is 2. The van der Waals surface area contributed by atoms with E-state index in [-0.39, 0.29) is 6.10 Å². The Labute approximate surface area is 84.8 Å². The Morgan fingerprint density at radius 1 is 1.36 bits per heavy atom. The maximum atomic E-state index is 5.67. The SMILES string of the molecule is COCC(C)Oc1ccccc1CN. The molecule has 0 radical (unpaired) electrons. The van der Waals surface area contributed by atoms with Gasteiger partial charge in [-0.05, 0) is 13.0 Å². The lowest BCUT2D eigenvalue weighted by Gasteiger charge is -2.15. The molecule has 0 heterocycles. The number of benzene rings is 1. The lowest BCUT2D eigenvalue weighted by Crippen LogP contribution is -2.19. The first-order valence-corrected chi connectivity index (χ1v) is 4.71. The molecule has 0 fully saturated rings. The first-order valence-electron chi connectivity index (χ1n) is 4.71. The van der Waals surface area contributed by atoms with Crippen LogP contribution in [0.3, 0.4) is 0 Å². The fraction of sp³-hybridized carbons (Fsp3) is 0.455. The molecule has 1 atom stereocenters. The molecule has 3 heteroatoms. The number of hydrogen-bond acceptors (Lipinski definition) is 3. The number of hydrogen-bond donors (Lipinski definition) is 1. The molecule has 2 N–H and O–H groups in total. The second kappa shape index (κ2) is 5.62. The molecule has 0 bridgehead atoms. The zero-order valence-electron chi connectivity index (χ0n) is 8.69. The van der Waals surface area contributed by atoms with Gasteiger partial charge >= 0.3 is 0 Å². The van der Waals surface area contributed by atoms with Crippen molar-refractivity contribution in [2.24, 2.45) is 5.73 Å². The minimum atomic E-state index is 0.0488. The molecule has 1 unspecified atom stereocenters. The monoisotopic (exact) mass is 195 g/mol. The van der Waals surface area contributed by atoms with Crippen molar-refractivity contribution in [1.29, 1.82) is 0 Å². The van der Waals surface area contributed by atoms with E-state index in [9.17, 15) is 0 Å². The Hall–Kier alpha value is -1.06. The average Bonchev–Trinajstić information content (AvgIpc) is 2.19. The van der Waals surface area contributed by atoms with Crippen LogP contribution in [-0.4, -0.2) is 19.8 Å². The van der Waals surface area contributed by atoms with Crippen LogP contribution < -0.4 is 10.5 Å². The zero-order valence-corrected chi connectivity index (χ0v) is 8.69. The van der Waals surface area contributed by atoms with Crippen molar-refractivity contribution in [2.45, 2.75) is 19.6 Å². The van der Waals surface area contributed by atoms with Crippen molar-refractivity contribution in [3.63, 3.8) is 0 Å². The minimum Gasteiger partial charge on any atom is -0.488 e. The second-order valence-corrected chi connectivity index (χ2v) is 3.20. The van der Waals surface area contributed by atoms with Crippen LogP contribution in [0.4, 0.5) is 0 Å². The summed E-state index contributed by atoms with van der Waals surface area (Å²) in [6.07, 6.45) is 0.0488. The lowest BCUT2D eigenvalue weighted by atomic mass is 10.2. The van der Waals surface area contributed by atoms with Crippen molar-refractivity contribution in [3.8, 4) is 5.75 Å². The van der Waals surface area contributed by atoms with Crippen molar-refractivity contribution < 1.29 is 9.47 Å². The van der Waals surface area contributed by atoms with Gasteiger partial charge in [0.05, 0.1) is 6.61 Å². The quantitative estimate of drug-likeness (QED) is 0.775. The van der Waals surface area contributed by atoms with Crippen LogP contribution in [0.15, 0.2) is 24.3 Å². The molecule has 0 aliphatic heterocycles. The number of methoxy groups -OCH3 is 1. The molecular weight excluding hydrogens is 178 g/mol. The summed E-state index contributed by atoms with van der Waals surface area (Å²) >= 11 is 0. The predicted molar refractivity (Wildman–Crippen MR) is 56.3 cm³/mol. The summed E-state index contributed by atoms with van der Waals surface area (Å²) in [5.41, 5.74) is 6.61. The van der Waals surface area contributed by atoms with Crippen LogP contribution in [0.1, 0.15) is 12.5 Å². The Bertz CT molecular complexity index is 276. The summed E-state index contributed by atoms with van der Waals surface area (Å²) in [4.78, 5) is 0. The molecule has 1 rings (SSSR count). The summed E-state index contributed by atoms with van der Waals surface area (Å²) in [6, 6.07) is 7.78. The number of nitrogens with two attached hydrogens (primary N) is 1. The molecule has 1 aromatic carbocycles. The van der Waals surface area contributed by atoms with Gasteiger partial charge in [-0.2, -0.15) is 0 Å². The summed E-state index contributed by atoms with van der Waals surface area (Å²) in [5, 5.41) is 0. The van der Waals surface area contributed by atoms with Gasteiger partial charge in [-0.25, -0.2) is 0 Å². The summed E-state index contributed by atoms with van der Waals surface area (Å²) in [7, 11) is 1.66. The van der Waals surface area contributed by atoms with Gasteiger partial charge in [0.25, 0.3) is 0 Å². The van der Waals surface area contributed by atoms with Crippen molar-refractivity contribution in [1.82, 2.24) is 0 Å². The topological polar surface area (TPSA) is 44.5 Å². The third kappa shape index (κ3) is 3.01. The van der Waals surface area contributed by atoms with Gasteiger partial charge in [0.2, 0.25) is 0 Å². The van der Waals surface area contributed by atoms with Gasteiger partial charge in [0.15, 0.2) is 0 Å². The highest BCUT2D eigenvalue weighted by Gasteiger charge is 2.06. The molecule has 3 nitrogen and oxygen atoms in total. The van der Waals surface area contributed by atoms with E-state index < -0.39 is 0 Å². The fourth-order valence-corrected chi connectivity index (χ4v) is 1.27. The Balaban J connectivity index is 2.65. The zero-order chi connectivity index (χ0) is 10.4. The maximum Gasteiger partial charge on any atom is 0.124 e. The summed E-state index contributed by atoms with van der Waals surface area (Å²) < 4.78 is 10.7. The maximum absolute atomic E-state index is 5.67. The van der Waals surface area contributed by atoms with Crippen LogP contribution in [-0.2, 0) is 11.3 Å². The molecule has 14 heavy (non-hydrogen) atoms. The van der Waals surface area contributed by atoms with Crippen LogP contribution in [0.2, 0.25) is 0 Å². The number of para-hydroxylation sites is 1. The first kappa shape index (κ1) is 11.0. The lowest BCUT2D eigenvalue weighted by molar-refractivity contribution is 0.0914.